The van der Waals surface area contributed by atoms with Crippen LogP contribution in [0, 0.1) is 0 Å². The van der Waals surface area contributed by atoms with E-state index in [1.165, 1.54) is 0 Å². The topological polar surface area (TPSA) is 70.1 Å². The number of hydrogen-bond donors (Lipinski definition) is 3. The van der Waals surface area contributed by atoms with E-state index in [9.17, 15) is 5.11 Å². The van der Waals surface area contributed by atoms with Crippen LogP contribution in [0.2, 0.25) is 0 Å². The maximum Gasteiger partial charge on any atom is 0.224 e. The van der Waals surface area contributed by atoms with Gasteiger partial charge < -0.3 is 15.7 Å². The Hall–Kier alpha value is -1.36. The fourth-order valence-electron chi connectivity index (χ4n) is 1.49. The summed E-state index contributed by atoms with van der Waals surface area (Å²) in [4.78, 5) is 8.22. The molecule has 5 nitrogen and oxygen atoms in total. The second-order valence-corrected chi connectivity index (χ2v) is 4.12. The number of rotatable bonds is 6. The number of nitrogens with one attached hydrogen (secondary N) is 2. The number of nitrogens with zero attached hydrogens (tertiary/aromatic N) is 2. The van der Waals surface area contributed by atoms with E-state index in [1.807, 2.05) is 6.92 Å². The summed E-state index contributed by atoms with van der Waals surface area (Å²) in [5.74, 6) is 1.29. The van der Waals surface area contributed by atoms with E-state index in [1.54, 1.807) is 19.3 Å². The average Bonchev–Trinajstić information content (AvgIpc) is 2.27. The molecule has 0 radical (unpaired) electrons. The minimum atomic E-state index is -0.695. The molecule has 0 saturated carbocycles. The molecule has 0 spiro atoms. The van der Waals surface area contributed by atoms with E-state index < -0.39 is 5.60 Å². The minimum absolute atomic E-state index is 0.487. The summed E-state index contributed by atoms with van der Waals surface area (Å²) in [5, 5.41) is 15.9. The molecule has 0 aromatic carbocycles. The molecule has 0 aliphatic carbocycles. The molecule has 0 bridgehead atoms. The molecule has 16 heavy (non-hydrogen) atoms. The molecule has 5 heteroatoms. The fraction of sp³-hybridized carbons (Fsp3) is 0.636. The number of hydrogen-bond acceptors (Lipinski definition) is 5. The minimum Gasteiger partial charge on any atom is -0.388 e. The second kappa shape index (κ2) is 5.65. The summed E-state index contributed by atoms with van der Waals surface area (Å²) < 4.78 is 0. The van der Waals surface area contributed by atoms with Crippen LogP contribution in [0.3, 0.4) is 0 Å². The lowest BCUT2D eigenvalue weighted by molar-refractivity contribution is 0.0636. The Morgan fingerprint density at radius 2 is 2.25 bits per heavy atom. The van der Waals surface area contributed by atoms with Crippen LogP contribution in [0.1, 0.15) is 26.7 Å². The summed E-state index contributed by atoms with van der Waals surface area (Å²) in [5.41, 5.74) is -0.695. The van der Waals surface area contributed by atoms with Gasteiger partial charge in [0, 0.05) is 19.8 Å². The van der Waals surface area contributed by atoms with Gasteiger partial charge in [-0.25, -0.2) is 4.98 Å². The molecule has 0 aliphatic heterocycles. The van der Waals surface area contributed by atoms with Gasteiger partial charge in [-0.2, -0.15) is 4.98 Å². The molecule has 1 aromatic rings. The summed E-state index contributed by atoms with van der Waals surface area (Å²) >= 11 is 0. The lowest BCUT2D eigenvalue weighted by atomic mass is 10.0. The SMILES string of the molecule is CCCC(C)(O)CNc1ccnc(NC)n1. The predicted octanol–water partition coefficient (Wildman–Crippen LogP) is 1.48. The Morgan fingerprint density at radius 1 is 1.50 bits per heavy atom. The third kappa shape index (κ3) is 4.02. The van der Waals surface area contributed by atoms with Crippen molar-refractivity contribution < 1.29 is 5.11 Å². The van der Waals surface area contributed by atoms with Crippen molar-refractivity contribution in [1.82, 2.24) is 9.97 Å². The van der Waals surface area contributed by atoms with E-state index in [-0.39, 0.29) is 0 Å². The molecular weight excluding hydrogens is 204 g/mol. The van der Waals surface area contributed by atoms with Crippen LogP contribution in [0.25, 0.3) is 0 Å². The highest BCUT2D eigenvalue weighted by Crippen LogP contribution is 2.13. The van der Waals surface area contributed by atoms with Crippen LogP contribution in [0.15, 0.2) is 12.3 Å². The van der Waals surface area contributed by atoms with Crippen LogP contribution >= 0.6 is 0 Å². The van der Waals surface area contributed by atoms with Gasteiger partial charge in [0.05, 0.1) is 5.60 Å². The van der Waals surface area contributed by atoms with E-state index in [4.69, 9.17) is 0 Å². The van der Waals surface area contributed by atoms with E-state index in [0.29, 0.717) is 12.5 Å². The van der Waals surface area contributed by atoms with Crippen LogP contribution in [-0.4, -0.2) is 34.3 Å². The summed E-state index contributed by atoms with van der Waals surface area (Å²) in [7, 11) is 1.77. The zero-order valence-electron chi connectivity index (χ0n) is 10.1. The first-order valence-corrected chi connectivity index (χ1v) is 5.54. The highest BCUT2D eigenvalue weighted by Gasteiger charge is 2.18. The van der Waals surface area contributed by atoms with Gasteiger partial charge in [0.2, 0.25) is 5.95 Å². The lowest BCUT2D eigenvalue weighted by Gasteiger charge is -2.23. The van der Waals surface area contributed by atoms with Crippen LogP contribution in [0.5, 0.6) is 0 Å². The molecule has 1 heterocycles. The van der Waals surface area contributed by atoms with Crippen LogP contribution in [-0.2, 0) is 0 Å². The summed E-state index contributed by atoms with van der Waals surface area (Å²) in [6.45, 7) is 4.36. The zero-order valence-corrected chi connectivity index (χ0v) is 10.1. The Morgan fingerprint density at radius 3 is 2.88 bits per heavy atom. The maximum atomic E-state index is 9.98. The third-order valence-corrected chi connectivity index (χ3v) is 2.32. The standard InChI is InChI=1S/C11H20N4O/c1-4-6-11(2,16)8-14-9-5-7-13-10(12-3)15-9/h5,7,16H,4,6,8H2,1-3H3,(H2,12,13,14,15). The highest BCUT2D eigenvalue weighted by molar-refractivity contribution is 5.39. The average molecular weight is 224 g/mol. The first-order valence-electron chi connectivity index (χ1n) is 5.54. The van der Waals surface area contributed by atoms with E-state index >= 15 is 0 Å². The molecule has 3 N–H and O–H groups in total. The molecule has 0 saturated heterocycles. The van der Waals surface area contributed by atoms with Crippen molar-refractivity contribution in [1.29, 1.82) is 0 Å². The number of anilines is 2. The van der Waals surface area contributed by atoms with Gasteiger partial charge in [-0.1, -0.05) is 13.3 Å². The van der Waals surface area contributed by atoms with Gasteiger partial charge in [0.25, 0.3) is 0 Å². The van der Waals surface area contributed by atoms with Gasteiger partial charge in [-0.3, -0.25) is 0 Å². The van der Waals surface area contributed by atoms with Gasteiger partial charge in [-0.15, -0.1) is 0 Å². The lowest BCUT2D eigenvalue weighted by Crippen LogP contribution is -2.33. The Bertz CT molecular complexity index is 328. The van der Waals surface area contributed by atoms with Crippen molar-refractivity contribution in [3.8, 4) is 0 Å². The predicted molar refractivity (Wildman–Crippen MR) is 65.6 cm³/mol. The molecule has 0 amide bonds. The smallest absolute Gasteiger partial charge is 0.224 e. The van der Waals surface area contributed by atoms with Gasteiger partial charge in [0.1, 0.15) is 5.82 Å². The second-order valence-electron chi connectivity index (χ2n) is 4.12. The molecule has 1 unspecified atom stereocenters. The van der Waals surface area contributed by atoms with Gasteiger partial charge in [-0.05, 0) is 19.4 Å². The highest BCUT2D eigenvalue weighted by atomic mass is 16.3. The summed E-state index contributed by atoms with van der Waals surface area (Å²) in [6, 6.07) is 1.78. The van der Waals surface area contributed by atoms with E-state index in [0.717, 1.165) is 18.7 Å². The number of aliphatic hydroxyl groups is 1. The van der Waals surface area contributed by atoms with Crippen molar-refractivity contribution in [2.45, 2.75) is 32.3 Å². The molecule has 0 aliphatic rings. The first kappa shape index (κ1) is 12.7. The van der Waals surface area contributed by atoms with Crippen molar-refractivity contribution in [3.63, 3.8) is 0 Å². The monoisotopic (exact) mass is 224 g/mol. The quantitative estimate of drug-likeness (QED) is 0.683. The molecular formula is C11H20N4O. The van der Waals surface area contributed by atoms with Crippen molar-refractivity contribution in [2.75, 3.05) is 24.2 Å². The molecule has 1 atom stereocenters. The van der Waals surface area contributed by atoms with Crippen molar-refractivity contribution in [2.24, 2.45) is 0 Å². The molecule has 1 aromatic heterocycles. The van der Waals surface area contributed by atoms with E-state index in [2.05, 4.69) is 27.5 Å². The Kier molecular flexibility index (Phi) is 4.49. The van der Waals surface area contributed by atoms with Crippen LogP contribution < -0.4 is 10.6 Å². The largest absolute Gasteiger partial charge is 0.388 e. The Labute approximate surface area is 96.3 Å². The first-order chi connectivity index (χ1) is 7.57. The number of aromatic nitrogens is 2. The molecule has 0 fully saturated rings. The maximum absolute atomic E-state index is 9.98. The van der Waals surface area contributed by atoms with Gasteiger partial charge in [0.15, 0.2) is 0 Å². The zero-order chi connectivity index (χ0) is 12.0. The molecule has 1 rings (SSSR count). The van der Waals surface area contributed by atoms with Gasteiger partial charge >= 0.3 is 0 Å². The fourth-order valence-corrected chi connectivity index (χ4v) is 1.49. The third-order valence-electron chi connectivity index (χ3n) is 2.32. The Balaban J connectivity index is 2.53. The normalized spacial score (nSPS) is 14.2. The summed E-state index contributed by atoms with van der Waals surface area (Å²) in [6.07, 6.45) is 3.40. The van der Waals surface area contributed by atoms with Crippen molar-refractivity contribution >= 4 is 11.8 Å². The molecule has 90 valence electrons. The van der Waals surface area contributed by atoms with Crippen LogP contribution in [0.4, 0.5) is 11.8 Å². The van der Waals surface area contributed by atoms with Crippen molar-refractivity contribution in [3.05, 3.63) is 12.3 Å².